The summed E-state index contributed by atoms with van der Waals surface area (Å²) in [4.78, 5) is 12.3. The zero-order valence-electron chi connectivity index (χ0n) is 13.7. The average Bonchev–Trinajstić information content (AvgIpc) is 2.51. The topological polar surface area (TPSA) is 29.1 Å². The van der Waals surface area contributed by atoms with Crippen LogP contribution >= 0.6 is 0 Å². The van der Waals surface area contributed by atoms with Gasteiger partial charge in [0.2, 0.25) is 5.91 Å². The van der Waals surface area contributed by atoms with Gasteiger partial charge in [-0.3, -0.25) is 4.79 Å². The highest BCUT2D eigenvalue weighted by molar-refractivity contribution is 5.92. The number of carbonyl (C=O) groups excluding carboxylic acids is 1. The zero-order valence-corrected chi connectivity index (χ0v) is 13.7. The predicted molar refractivity (Wildman–Crippen MR) is 91.5 cm³/mol. The van der Waals surface area contributed by atoms with E-state index in [1.165, 1.54) is 12.0 Å². The van der Waals surface area contributed by atoms with Crippen molar-refractivity contribution in [3.63, 3.8) is 0 Å². The van der Waals surface area contributed by atoms with Crippen LogP contribution < -0.4 is 5.32 Å². The number of nitrogens with one attached hydrogen (secondary N) is 1. The molecular formula is C19H29NO. The molecule has 0 aliphatic heterocycles. The largest absolute Gasteiger partial charge is 0.326 e. The molecule has 1 amide bonds. The second-order valence-electron chi connectivity index (χ2n) is 5.50. The third-order valence-electron chi connectivity index (χ3n) is 3.88. The van der Waals surface area contributed by atoms with Gasteiger partial charge in [0.1, 0.15) is 0 Å². The summed E-state index contributed by atoms with van der Waals surface area (Å²) in [6.45, 7) is 6.27. The van der Waals surface area contributed by atoms with Gasteiger partial charge in [-0.1, -0.05) is 44.6 Å². The lowest BCUT2D eigenvalue weighted by Crippen LogP contribution is -2.22. The number of allylic oxidation sites excluding steroid dienone is 2. The molecule has 1 N–H and O–H groups in total. The SMILES string of the molecule is CC=CCCCCC(CC)C(=O)Nc1cccc(CC)c1. The van der Waals surface area contributed by atoms with Crippen molar-refractivity contribution in [2.24, 2.45) is 5.92 Å². The first-order valence-electron chi connectivity index (χ1n) is 8.22. The van der Waals surface area contributed by atoms with Crippen LogP contribution in [0.15, 0.2) is 36.4 Å². The molecule has 21 heavy (non-hydrogen) atoms. The van der Waals surface area contributed by atoms with Crippen LogP contribution in [0.3, 0.4) is 0 Å². The van der Waals surface area contributed by atoms with Crippen molar-refractivity contribution in [2.75, 3.05) is 5.32 Å². The van der Waals surface area contributed by atoms with Gasteiger partial charge >= 0.3 is 0 Å². The van der Waals surface area contributed by atoms with Gasteiger partial charge in [-0.15, -0.1) is 0 Å². The summed E-state index contributed by atoms with van der Waals surface area (Å²) < 4.78 is 0. The maximum atomic E-state index is 12.3. The monoisotopic (exact) mass is 287 g/mol. The number of amides is 1. The van der Waals surface area contributed by atoms with Crippen LogP contribution in [-0.2, 0) is 11.2 Å². The molecule has 2 nitrogen and oxygen atoms in total. The standard InChI is InChI=1S/C19H29NO/c1-4-7-8-9-10-13-17(6-3)19(21)20-18-14-11-12-16(5-2)15-18/h4,7,11-12,14-15,17H,5-6,8-10,13H2,1-3H3,(H,20,21). The molecule has 0 aromatic heterocycles. The first kappa shape index (κ1) is 17.5. The molecule has 0 bridgehead atoms. The summed E-state index contributed by atoms with van der Waals surface area (Å²) in [7, 11) is 0. The van der Waals surface area contributed by atoms with Crippen molar-refractivity contribution in [1.29, 1.82) is 0 Å². The molecule has 0 aliphatic rings. The number of hydrogen-bond donors (Lipinski definition) is 1. The number of carbonyl (C=O) groups is 1. The van der Waals surface area contributed by atoms with Crippen molar-refractivity contribution >= 4 is 11.6 Å². The molecule has 1 aromatic carbocycles. The van der Waals surface area contributed by atoms with Crippen molar-refractivity contribution in [3.05, 3.63) is 42.0 Å². The number of rotatable bonds is 9. The lowest BCUT2D eigenvalue weighted by atomic mass is 9.97. The minimum atomic E-state index is 0.126. The zero-order chi connectivity index (χ0) is 15.5. The molecule has 0 spiro atoms. The summed E-state index contributed by atoms with van der Waals surface area (Å²) in [5, 5.41) is 3.07. The summed E-state index contributed by atoms with van der Waals surface area (Å²) >= 11 is 0. The molecule has 0 saturated heterocycles. The van der Waals surface area contributed by atoms with Crippen molar-refractivity contribution in [2.45, 2.75) is 59.3 Å². The molecule has 0 saturated carbocycles. The van der Waals surface area contributed by atoms with Gasteiger partial charge in [0, 0.05) is 11.6 Å². The maximum Gasteiger partial charge on any atom is 0.227 e. The first-order valence-corrected chi connectivity index (χ1v) is 8.22. The number of aryl methyl sites for hydroxylation is 1. The van der Waals surface area contributed by atoms with Gasteiger partial charge in [0.05, 0.1) is 0 Å². The van der Waals surface area contributed by atoms with E-state index in [1.54, 1.807) is 0 Å². The minimum absolute atomic E-state index is 0.126. The van der Waals surface area contributed by atoms with E-state index in [4.69, 9.17) is 0 Å². The second kappa shape index (κ2) is 10.2. The Labute approximate surface area is 129 Å². The van der Waals surface area contributed by atoms with E-state index in [2.05, 4.69) is 43.4 Å². The quantitative estimate of drug-likeness (QED) is 0.481. The summed E-state index contributed by atoms with van der Waals surface area (Å²) in [5.41, 5.74) is 2.18. The van der Waals surface area contributed by atoms with Gasteiger partial charge < -0.3 is 5.32 Å². The smallest absolute Gasteiger partial charge is 0.227 e. The van der Waals surface area contributed by atoms with Crippen LogP contribution in [0.5, 0.6) is 0 Å². The van der Waals surface area contributed by atoms with Gasteiger partial charge in [0.25, 0.3) is 0 Å². The molecule has 1 atom stereocenters. The fourth-order valence-corrected chi connectivity index (χ4v) is 2.45. The number of hydrogen-bond acceptors (Lipinski definition) is 1. The van der Waals surface area contributed by atoms with E-state index in [-0.39, 0.29) is 11.8 Å². The Balaban J connectivity index is 2.46. The molecule has 0 fully saturated rings. The molecule has 0 aliphatic carbocycles. The van der Waals surface area contributed by atoms with Crippen molar-refractivity contribution in [1.82, 2.24) is 0 Å². The highest BCUT2D eigenvalue weighted by atomic mass is 16.1. The van der Waals surface area contributed by atoms with E-state index in [1.807, 2.05) is 19.1 Å². The Morgan fingerprint density at radius 3 is 2.76 bits per heavy atom. The van der Waals surface area contributed by atoms with E-state index >= 15 is 0 Å². The van der Waals surface area contributed by atoms with Crippen LogP contribution in [0.1, 0.15) is 58.4 Å². The van der Waals surface area contributed by atoms with Gasteiger partial charge in [-0.25, -0.2) is 0 Å². The van der Waals surface area contributed by atoms with E-state index < -0.39 is 0 Å². The number of unbranched alkanes of at least 4 members (excludes halogenated alkanes) is 2. The number of benzene rings is 1. The highest BCUT2D eigenvalue weighted by Gasteiger charge is 2.16. The lowest BCUT2D eigenvalue weighted by Gasteiger charge is -2.15. The highest BCUT2D eigenvalue weighted by Crippen LogP contribution is 2.18. The van der Waals surface area contributed by atoms with Gasteiger partial charge in [-0.05, 0) is 56.7 Å². The molecular weight excluding hydrogens is 258 g/mol. The fourth-order valence-electron chi connectivity index (χ4n) is 2.45. The number of anilines is 1. The Morgan fingerprint density at radius 2 is 2.10 bits per heavy atom. The third-order valence-corrected chi connectivity index (χ3v) is 3.88. The Bertz CT molecular complexity index is 451. The Morgan fingerprint density at radius 1 is 1.29 bits per heavy atom. The van der Waals surface area contributed by atoms with Crippen LogP contribution in [0, 0.1) is 5.92 Å². The van der Waals surface area contributed by atoms with E-state index in [0.29, 0.717) is 0 Å². The molecule has 1 rings (SSSR count). The van der Waals surface area contributed by atoms with Gasteiger partial charge in [-0.2, -0.15) is 0 Å². The van der Waals surface area contributed by atoms with Crippen molar-refractivity contribution < 1.29 is 4.79 Å². The average molecular weight is 287 g/mol. The summed E-state index contributed by atoms with van der Waals surface area (Å²) in [6.07, 6.45) is 10.6. The molecule has 2 heteroatoms. The predicted octanol–water partition coefficient (Wildman–Crippen LogP) is 5.35. The molecule has 1 aromatic rings. The van der Waals surface area contributed by atoms with Crippen molar-refractivity contribution in [3.8, 4) is 0 Å². The third kappa shape index (κ3) is 6.61. The molecule has 0 heterocycles. The van der Waals surface area contributed by atoms with Crippen LogP contribution in [-0.4, -0.2) is 5.91 Å². The van der Waals surface area contributed by atoms with E-state index in [9.17, 15) is 4.79 Å². The lowest BCUT2D eigenvalue weighted by molar-refractivity contribution is -0.120. The normalized spacial score (nSPS) is 12.5. The summed E-state index contributed by atoms with van der Waals surface area (Å²) in [5.74, 6) is 0.290. The van der Waals surface area contributed by atoms with E-state index in [0.717, 1.165) is 37.8 Å². The van der Waals surface area contributed by atoms with Gasteiger partial charge in [0.15, 0.2) is 0 Å². The molecule has 0 radical (unpaired) electrons. The maximum absolute atomic E-state index is 12.3. The molecule has 116 valence electrons. The Hall–Kier alpha value is -1.57. The Kier molecular flexibility index (Phi) is 8.49. The van der Waals surface area contributed by atoms with Crippen LogP contribution in [0.2, 0.25) is 0 Å². The van der Waals surface area contributed by atoms with Crippen LogP contribution in [0.25, 0.3) is 0 Å². The fraction of sp³-hybridized carbons (Fsp3) is 0.526. The summed E-state index contributed by atoms with van der Waals surface area (Å²) in [6, 6.07) is 8.13. The van der Waals surface area contributed by atoms with Crippen LogP contribution in [0.4, 0.5) is 5.69 Å². The second-order valence-corrected chi connectivity index (χ2v) is 5.50. The minimum Gasteiger partial charge on any atom is -0.326 e. The molecule has 1 unspecified atom stereocenters. The first-order chi connectivity index (χ1) is 10.2.